The van der Waals surface area contributed by atoms with E-state index in [-0.39, 0.29) is 28.4 Å². The number of sulfonamides is 1. The van der Waals surface area contributed by atoms with Crippen molar-refractivity contribution in [2.45, 2.75) is 25.2 Å². The molecular weight excluding hydrogens is 464 g/mol. The maximum Gasteiger partial charge on any atom is 0.263 e. The van der Waals surface area contributed by atoms with Gasteiger partial charge in [0.1, 0.15) is 5.75 Å². The molecule has 1 aromatic heterocycles. The van der Waals surface area contributed by atoms with E-state index < -0.39 is 10.0 Å². The van der Waals surface area contributed by atoms with Crippen molar-refractivity contribution in [3.63, 3.8) is 0 Å². The molecule has 3 aromatic rings. The Morgan fingerprint density at radius 1 is 1.24 bits per heavy atom. The second-order valence-electron chi connectivity index (χ2n) is 7.79. The standard InChI is InChI=1S/C22H20N4O5S2/c1-12-21(15-3-6-19-17(10-15)23-20(28)11-31-19)24-22(32-12)25-33(29,30)16-4-5-18-14(9-16)7-8-26(18)13(2)27/h3-6,9-10H,7-8,11H2,1-2H3,(H,23,28)(H,24,25). The van der Waals surface area contributed by atoms with Crippen LogP contribution in [0.5, 0.6) is 5.75 Å². The Morgan fingerprint density at radius 3 is 2.85 bits per heavy atom. The summed E-state index contributed by atoms with van der Waals surface area (Å²) in [6, 6.07) is 10.1. The molecule has 11 heteroatoms. The highest BCUT2D eigenvalue weighted by Gasteiger charge is 2.26. The summed E-state index contributed by atoms with van der Waals surface area (Å²) in [5.41, 5.74) is 3.47. The minimum absolute atomic E-state index is 0.0243. The summed E-state index contributed by atoms with van der Waals surface area (Å²) in [6.45, 7) is 3.87. The van der Waals surface area contributed by atoms with Gasteiger partial charge in [-0.2, -0.15) is 0 Å². The molecule has 0 saturated carbocycles. The number of nitrogens with zero attached hydrogens (tertiary/aromatic N) is 2. The quantitative estimate of drug-likeness (QED) is 0.587. The van der Waals surface area contributed by atoms with Gasteiger partial charge in [-0.1, -0.05) is 0 Å². The van der Waals surface area contributed by atoms with Crippen molar-refractivity contribution in [1.29, 1.82) is 0 Å². The summed E-state index contributed by atoms with van der Waals surface area (Å²) < 4.78 is 34.0. The molecule has 0 aliphatic carbocycles. The van der Waals surface area contributed by atoms with E-state index in [2.05, 4.69) is 15.0 Å². The first kappa shape index (κ1) is 21.4. The largest absolute Gasteiger partial charge is 0.482 e. The van der Waals surface area contributed by atoms with E-state index in [0.717, 1.165) is 21.7 Å². The molecule has 170 valence electrons. The Kier molecular flexibility index (Phi) is 5.09. The first-order valence-corrected chi connectivity index (χ1v) is 12.5. The molecule has 2 aromatic carbocycles. The van der Waals surface area contributed by atoms with Gasteiger partial charge in [-0.3, -0.25) is 14.3 Å². The lowest BCUT2D eigenvalue weighted by molar-refractivity contribution is -0.118. The highest BCUT2D eigenvalue weighted by Crippen LogP contribution is 2.37. The molecule has 0 unspecified atom stereocenters. The minimum atomic E-state index is -3.86. The predicted octanol–water partition coefficient (Wildman–Crippen LogP) is 3.16. The lowest BCUT2D eigenvalue weighted by Gasteiger charge is -2.18. The summed E-state index contributed by atoms with van der Waals surface area (Å²) in [5, 5.41) is 3.00. The number of rotatable bonds is 4. The Hall–Kier alpha value is -3.44. The highest BCUT2D eigenvalue weighted by molar-refractivity contribution is 7.93. The Morgan fingerprint density at radius 2 is 2.06 bits per heavy atom. The van der Waals surface area contributed by atoms with Gasteiger partial charge < -0.3 is 15.0 Å². The molecule has 2 aliphatic heterocycles. The molecule has 3 heterocycles. The van der Waals surface area contributed by atoms with Crippen molar-refractivity contribution in [2.24, 2.45) is 0 Å². The maximum atomic E-state index is 13.0. The molecular formula is C22H20N4O5S2. The van der Waals surface area contributed by atoms with Crippen molar-refractivity contribution >= 4 is 49.7 Å². The first-order chi connectivity index (χ1) is 15.7. The second kappa shape index (κ2) is 7.85. The van der Waals surface area contributed by atoms with Crippen LogP contribution in [0, 0.1) is 6.92 Å². The average Bonchev–Trinajstić information content (AvgIpc) is 3.35. The summed E-state index contributed by atoms with van der Waals surface area (Å²) in [4.78, 5) is 30.4. The fourth-order valence-corrected chi connectivity index (χ4v) is 6.11. The van der Waals surface area contributed by atoms with Gasteiger partial charge in [0.15, 0.2) is 11.7 Å². The molecule has 9 nitrogen and oxygen atoms in total. The van der Waals surface area contributed by atoms with Crippen LogP contribution < -0.4 is 19.7 Å². The maximum absolute atomic E-state index is 13.0. The Labute approximate surface area is 194 Å². The number of fused-ring (bicyclic) bond motifs is 2. The van der Waals surface area contributed by atoms with Gasteiger partial charge in [0.05, 0.1) is 16.3 Å². The van der Waals surface area contributed by atoms with E-state index in [9.17, 15) is 18.0 Å². The molecule has 33 heavy (non-hydrogen) atoms. The number of thiazole rings is 1. The lowest BCUT2D eigenvalue weighted by Crippen LogP contribution is -2.25. The lowest BCUT2D eigenvalue weighted by atomic mass is 10.1. The number of hydrogen-bond acceptors (Lipinski definition) is 7. The van der Waals surface area contributed by atoms with Crippen molar-refractivity contribution in [1.82, 2.24) is 4.98 Å². The molecule has 0 atom stereocenters. The fourth-order valence-electron chi connectivity index (χ4n) is 3.98. The van der Waals surface area contributed by atoms with Crippen LogP contribution in [0.3, 0.4) is 0 Å². The number of nitrogens with one attached hydrogen (secondary N) is 2. The second-order valence-corrected chi connectivity index (χ2v) is 10.7. The molecule has 0 spiro atoms. The smallest absolute Gasteiger partial charge is 0.263 e. The monoisotopic (exact) mass is 484 g/mol. The number of amides is 2. The molecule has 2 N–H and O–H groups in total. The Bertz CT molecular complexity index is 1410. The van der Waals surface area contributed by atoms with Gasteiger partial charge in [-0.25, -0.2) is 13.4 Å². The number of ether oxygens (including phenoxy) is 1. The van der Waals surface area contributed by atoms with Crippen LogP contribution in [0.1, 0.15) is 17.4 Å². The van der Waals surface area contributed by atoms with E-state index in [1.165, 1.54) is 24.3 Å². The van der Waals surface area contributed by atoms with Crippen LogP contribution >= 0.6 is 11.3 Å². The van der Waals surface area contributed by atoms with Crippen molar-refractivity contribution in [2.75, 3.05) is 28.1 Å². The van der Waals surface area contributed by atoms with E-state index in [4.69, 9.17) is 4.74 Å². The van der Waals surface area contributed by atoms with Crippen molar-refractivity contribution < 1.29 is 22.7 Å². The molecule has 5 rings (SSSR count). The van der Waals surface area contributed by atoms with Gasteiger partial charge in [-0.05, 0) is 55.3 Å². The third kappa shape index (κ3) is 3.93. The molecule has 0 radical (unpaired) electrons. The number of anilines is 3. The van der Waals surface area contributed by atoms with Crippen LogP contribution in [-0.4, -0.2) is 38.4 Å². The van der Waals surface area contributed by atoms with Crippen LogP contribution in [0.4, 0.5) is 16.5 Å². The average molecular weight is 485 g/mol. The zero-order chi connectivity index (χ0) is 23.3. The number of carbonyl (C=O) groups excluding carboxylic acids is 2. The Balaban J connectivity index is 1.41. The molecule has 2 amide bonds. The van der Waals surface area contributed by atoms with Gasteiger partial charge in [0.2, 0.25) is 5.91 Å². The van der Waals surface area contributed by atoms with Gasteiger partial charge in [-0.15, -0.1) is 11.3 Å². The number of aromatic nitrogens is 1. The third-order valence-electron chi connectivity index (χ3n) is 5.54. The number of aryl methyl sites for hydroxylation is 1. The van der Waals surface area contributed by atoms with E-state index in [1.54, 1.807) is 29.2 Å². The fraction of sp³-hybridized carbons (Fsp3) is 0.227. The molecule has 2 aliphatic rings. The zero-order valence-corrected chi connectivity index (χ0v) is 19.5. The normalized spacial score (nSPS) is 14.8. The minimum Gasteiger partial charge on any atom is -0.482 e. The highest BCUT2D eigenvalue weighted by atomic mass is 32.2. The van der Waals surface area contributed by atoms with Gasteiger partial charge >= 0.3 is 0 Å². The van der Waals surface area contributed by atoms with Crippen LogP contribution in [-0.2, 0) is 26.0 Å². The summed E-state index contributed by atoms with van der Waals surface area (Å²) in [6.07, 6.45) is 0.608. The predicted molar refractivity (Wildman–Crippen MR) is 125 cm³/mol. The van der Waals surface area contributed by atoms with E-state index in [0.29, 0.717) is 30.1 Å². The summed E-state index contributed by atoms with van der Waals surface area (Å²) >= 11 is 1.23. The topological polar surface area (TPSA) is 118 Å². The number of hydrogen-bond donors (Lipinski definition) is 2. The first-order valence-electron chi connectivity index (χ1n) is 10.2. The van der Waals surface area contributed by atoms with Crippen molar-refractivity contribution in [3.8, 4) is 17.0 Å². The van der Waals surface area contributed by atoms with E-state index >= 15 is 0 Å². The van der Waals surface area contributed by atoms with Gasteiger partial charge in [0, 0.05) is 29.6 Å². The van der Waals surface area contributed by atoms with Crippen LogP contribution in [0.2, 0.25) is 0 Å². The van der Waals surface area contributed by atoms with Crippen molar-refractivity contribution in [3.05, 3.63) is 46.8 Å². The number of carbonyl (C=O) groups is 2. The molecule has 0 saturated heterocycles. The molecule has 0 bridgehead atoms. The zero-order valence-electron chi connectivity index (χ0n) is 17.8. The summed E-state index contributed by atoms with van der Waals surface area (Å²) in [7, 11) is -3.86. The molecule has 0 fully saturated rings. The van der Waals surface area contributed by atoms with E-state index in [1.807, 2.05) is 13.0 Å². The number of benzene rings is 2. The SMILES string of the molecule is CC(=O)N1CCc2cc(S(=O)(=O)Nc3nc(-c4ccc5c(c4)NC(=O)CO5)c(C)s3)ccc21. The summed E-state index contributed by atoms with van der Waals surface area (Å²) in [5.74, 6) is 0.276. The third-order valence-corrected chi connectivity index (χ3v) is 7.89. The van der Waals surface area contributed by atoms with Gasteiger partial charge in [0.25, 0.3) is 15.9 Å². The van der Waals surface area contributed by atoms with Crippen LogP contribution in [0.25, 0.3) is 11.3 Å². The van der Waals surface area contributed by atoms with Crippen LogP contribution in [0.15, 0.2) is 41.3 Å².